The van der Waals surface area contributed by atoms with Crippen LogP contribution in [-0.4, -0.2) is 24.5 Å². The van der Waals surface area contributed by atoms with Crippen LogP contribution in [0.25, 0.3) is 0 Å². The van der Waals surface area contributed by atoms with E-state index in [1.165, 1.54) is 0 Å². The Bertz CT molecular complexity index is 348. The van der Waals surface area contributed by atoms with Gasteiger partial charge >= 0.3 is 0 Å². The van der Waals surface area contributed by atoms with Crippen molar-refractivity contribution in [1.29, 1.82) is 0 Å². The van der Waals surface area contributed by atoms with E-state index in [1.54, 1.807) is 0 Å². The van der Waals surface area contributed by atoms with E-state index in [9.17, 15) is 0 Å². The lowest BCUT2D eigenvalue weighted by atomic mass is 10.1. The van der Waals surface area contributed by atoms with Crippen LogP contribution in [0, 0.1) is 11.8 Å². The molecule has 0 aliphatic carbocycles. The molecule has 0 saturated carbocycles. The smallest absolute Gasteiger partial charge is 0.118 e. The molecule has 0 aromatic carbocycles. The molecule has 1 aromatic rings. The van der Waals surface area contributed by atoms with Gasteiger partial charge in [0.2, 0.25) is 0 Å². The molecule has 1 heterocycles. The maximum atomic E-state index is 5.92. The largest absolute Gasteiger partial charge is 0.463 e. The fraction of sp³-hybridized carbons (Fsp3) is 0.765. The summed E-state index contributed by atoms with van der Waals surface area (Å²) < 4.78 is 5.92. The third kappa shape index (κ3) is 7.11. The molecule has 116 valence electrons. The van der Waals surface area contributed by atoms with Crippen LogP contribution in [0.4, 0.5) is 0 Å². The minimum Gasteiger partial charge on any atom is -0.463 e. The van der Waals surface area contributed by atoms with Gasteiger partial charge in [-0.2, -0.15) is 0 Å². The second kappa shape index (κ2) is 9.19. The van der Waals surface area contributed by atoms with Crippen molar-refractivity contribution in [3.63, 3.8) is 0 Å². The van der Waals surface area contributed by atoms with Crippen molar-refractivity contribution in [2.24, 2.45) is 11.8 Å². The summed E-state index contributed by atoms with van der Waals surface area (Å²) in [5.41, 5.74) is 0. The van der Waals surface area contributed by atoms with Crippen LogP contribution in [0.15, 0.2) is 16.5 Å². The van der Waals surface area contributed by atoms with Gasteiger partial charge in [-0.05, 0) is 36.9 Å². The topological polar surface area (TPSA) is 28.4 Å². The van der Waals surface area contributed by atoms with E-state index in [2.05, 4.69) is 57.0 Å². The zero-order valence-electron chi connectivity index (χ0n) is 13.9. The Hall–Kier alpha value is -0.800. The Morgan fingerprint density at radius 1 is 1.05 bits per heavy atom. The Balaban J connectivity index is 2.50. The molecular weight excluding hydrogens is 248 g/mol. The first kappa shape index (κ1) is 17.3. The first-order valence-corrected chi connectivity index (χ1v) is 8.01. The van der Waals surface area contributed by atoms with Crippen molar-refractivity contribution < 1.29 is 4.42 Å². The van der Waals surface area contributed by atoms with Gasteiger partial charge in [0, 0.05) is 13.1 Å². The van der Waals surface area contributed by atoms with Gasteiger partial charge in [-0.3, -0.25) is 4.90 Å². The van der Waals surface area contributed by atoms with Crippen molar-refractivity contribution in [1.82, 2.24) is 10.2 Å². The fourth-order valence-electron chi connectivity index (χ4n) is 2.45. The first-order chi connectivity index (χ1) is 9.51. The van der Waals surface area contributed by atoms with Gasteiger partial charge in [-0.25, -0.2) is 0 Å². The van der Waals surface area contributed by atoms with Gasteiger partial charge in [0.15, 0.2) is 0 Å². The Kier molecular flexibility index (Phi) is 7.93. The number of rotatable bonds is 10. The van der Waals surface area contributed by atoms with Crippen LogP contribution in [0.2, 0.25) is 0 Å². The molecule has 20 heavy (non-hydrogen) atoms. The van der Waals surface area contributed by atoms with E-state index in [-0.39, 0.29) is 0 Å². The van der Waals surface area contributed by atoms with E-state index in [0.29, 0.717) is 11.8 Å². The van der Waals surface area contributed by atoms with Crippen molar-refractivity contribution >= 4 is 0 Å². The van der Waals surface area contributed by atoms with Crippen molar-refractivity contribution in [2.45, 2.75) is 54.1 Å². The SMILES string of the molecule is CCCNCc1ccc(CN(CC(C)C)CC(C)C)o1. The van der Waals surface area contributed by atoms with Gasteiger partial charge in [-0.15, -0.1) is 0 Å². The predicted molar refractivity (Wildman–Crippen MR) is 85.7 cm³/mol. The summed E-state index contributed by atoms with van der Waals surface area (Å²) in [5.74, 6) is 3.51. The molecule has 0 aliphatic rings. The molecule has 3 heteroatoms. The second-order valence-electron chi connectivity index (χ2n) is 6.53. The van der Waals surface area contributed by atoms with E-state index in [1.807, 2.05) is 0 Å². The molecule has 0 aliphatic heterocycles. The molecule has 3 nitrogen and oxygen atoms in total. The highest BCUT2D eigenvalue weighted by molar-refractivity contribution is 5.07. The Morgan fingerprint density at radius 2 is 1.65 bits per heavy atom. The molecule has 1 N–H and O–H groups in total. The van der Waals surface area contributed by atoms with Crippen molar-refractivity contribution in [3.05, 3.63) is 23.7 Å². The van der Waals surface area contributed by atoms with Crippen LogP contribution in [0.5, 0.6) is 0 Å². The third-order valence-corrected chi connectivity index (χ3v) is 3.07. The summed E-state index contributed by atoms with van der Waals surface area (Å²) in [5, 5.41) is 3.38. The number of furan rings is 1. The third-order valence-electron chi connectivity index (χ3n) is 3.07. The maximum Gasteiger partial charge on any atom is 0.118 e. The highest BCUT2D eigenvalue weighted by Gasteiger charge is 2.12. The van der Waals surface area contributed by atoms with Crippen molar-refractivity contribution in [3.8, 4) is 0 Å². The maximum absolute atomic E-state index is 5.92. The molecule has 0 spiro atoms. The normalized spacial score (nSPS) is 12.0. The van der Waals surface area contributed by atoms with Gasteiger partial charge < -0.3 is 9.73 Å². The molecule has 1 aromatic heterocycles. The number of hydrogen-bond acceptors (Lipinski definition) is 3. The van der Waals surface area contributed by atoms with Crippen LogP contribution in [0.3, 0.4) is 0 Å². The molecule has 0 amide bonds. The van der Waals surface area contributed by atoms with Gasteiger partial charge in [-0.1, -0.05) is 34.6 Å². The summed E-state index contributed by atoms with van der Waals surface area (Å²) in [4.78, 5) is 2.50. The van der Waals surface area contributed by atoms with Crippen LogP contribution >= 0.6 is 0 Å². The first-order valence-electron chi connectivity index (χ1n) is 8.01. The Labute approximate surface area is 124 Å². The van der Waals surface area contributed by atoms with Crippen LogP contribution in [0.1, 0.15) is 52.6 Å². The zero-order chi connectivity index (χ0) is 15.0. The summed E-state index contributed by atoms with van der Waals surface area (Å²) in [6.07, 6.45) is 1.16. The van der Waals surface area contributed by atoms with Gasteiger partial charge in [0.25, 0.3) is 0 Å². The average molecular weight is 280 g/mol. The van der Waals surface area contributed by atoms with E-state index in [0.717, 1.165) is 50.7 Å². The van der Waals surface area contributed by atoms with Crippen molar-refractivity contribution in [2.75, 3.05) is 19.6 Å². The summed E-state index contributed by atoms with van der Waals surface area (Å²) in [6.45, 7) is 16.3. The monoisotopic (exact) mass is 280 g/mol. The summed E-state index contributed by atoms with van der Waals surface area (Å²) >= 11 is 0. The lowest BCUT2D eigenvalue weighted by Gasteiger charge is -2.25. The summed E-state index contributed by atoms with van der Waals surface area (Å²) in [7, 11) is 0. The molecule has 0 fully saturated rings. The molecule has 0 unspecified atom stereocenters. The molecule has 0 radical (unpaired) electrons. The highest BCUT2D eigenvalue weighted by atomic mass is 16.3. The molecule has 0 saturated heterocycles. The Morgan fingerprint density at radius 3 is 2.20 bits per heavy atom. The fourth-order valence-corrected chi connectivity index (χ4v) is 2.45. The molecule has 0 bridgehead atoms. The molecule has 0 atom stereocenters. The standard InChI is InChI=1S/C17H32N2O/c1-6-9-18-10-16-7-8-17(20-16)13-19(11-14(2)3)12-15(4)5/h7-8,14-15,18H,6,9-13H2,1-5H3. The number of nitrogens with zero attached hydrogens (tertiary/aromatic N) is 1. The minimum atomic E-state index is 0.689. The molecular formula is C17H32N2O. The average Bonchev–Trinajstić information content (AvgIpc) is 2.75. The summed E-state index contributed by atoms with van der Waals surface area (Å²) in [6, 6.07) is 4.22. The number of nitrogens with one attached hydrogen (secondary N) is 1. The van der Waals surface area contributed by atoms with Crippen LogP contribution < -0.4 is 5.32 Å². The van der Waals surface area contributed by atoms with Gasteiger partial charge in [0.1, 0.15) is 11.5 Å². The van der Waals surface area contributed by atoms with E-state index >= 15 is 0 Å². The highest BCUT2D eigenvalue weighted by Crippen LogP contribution is 2.13. The lowest BCUT2D eigenvalue weighted by Crippen LogP contribution is -2.30. The minimum absolute atomic E-state index is 0.689. The van der Waals surface area contributed by atoms with Crippen LogP contribution in [-0.2, 0) is 13.1 Å². The van der Waals surface area contributed by atoms with E-state index < -0.39 is 0 Å². The van der Waals surface area contributed by atoms with E-state index in [4.69, 9.17) is 4.42 Å². The zero-order valence-corrected chi connectivity index (χ0v) is 13.9. The quantitative estimate of drug-likeness (QED) is 0.659. The van der Waals surface area contributed by atoms with Gasteiger partial charge in [0.05, 0.1) is 13.1 Å². The second-order valence-corrected chi connectivity index (χ2v) is 6.53. The predicted octanol–water partition coefficient (Wildman–Crippen LogP) is 3.89. The number of hydrogen-bond donors (Lipinski definition) is 1. The lowest BCUT2D eigenvalue weighted by molar-refractivity contribution is 0.195. The molecule has 1 rings (SSSR count).